The Labute approximate surface area is 212 Å². The van der Waals surface area contributed by atoms with Crippen LogP contribution in [-0.4, -0.2) is 24.8 Å². The highest BCUT2D eigenvalue weighted by Gasteiger charge is 2.27. The summed E-state index contributed by atoms with van der Waals surface area (Å²) >= 11 is 0. The lowest BCUT2D eigenvalue weighted by Crippen LogP contribution is -2.32. The number of sulfonamides is 1. The molecule has 0 amide bonds. The molecule has 0 atom stereocenters. The van der Waals surface area contributed by atoms with E-state index in [1.54, 1.807) is 37.4 Å². The standard InChI is InChI=1S/C29H32N2O4S/c1-20-6-15-27-22(16-20)17-23(28(32)30-27)19-31(18-21-7-11-25(35-5)12-8-21)36(33,34)26-13-9-24(10-14-26)29(2,3)4/h6-17H,18-19H2,1-5H3,(H,30,32). The molecule has 0 bridgehead atoms. The van der Waals surface area contributed by atoms with E-state index in [1.807, 2.05) is 49.4 Å². The van der Waals surface area contributed by atoms with E-state index in [4.69, 9.17) is 4.74 Å². The summed E-state index contributed by atoms with van der Waals surface area (Å²) in [4.78, 5) is 16.0. The minimum Gasteiger partial charge on any atom is -0.497 e. The van der Waals surface area contributed by atoms with Gasteiger partial charge < -0.3 is 9.72 Å². The van der Waals surface area contributed by atoms with Gasteiger partial charge in [0.05, 0.1) is 12.0 Å². The molecule has 0 aliphatic heterocycles. The van der Waals surface area contributed by atoms with Gasteiger partial charge in [-0.1, -0.05) is 56.7 Å². The predicted octanol–water partition coefficient (Wildman–Crippen LogP) is 5.53. The molecule has 3 aromatic carbocycles. The van der Waals surface area contributed by atoms with Crippen LogP contribution in [0.5, 0.6) is 5.75 Å². The summed E-state index contributed by atoms with van der Waals surface area (Å²) < 4.78 is 34.3. The average molecular weight is 505 g/mol. The lowest BCUT2D eigenvalue weighted by atomic mass is 9.87. The number of rotatable bonds is 7. The highest BCUT2D eigenvalue weighted by Crippen LogP contribution is 2.27. The number of aromatic amines is 1. The van der Waals surface area contributed by atoms with Crippen molar-refractivity contribution >= 4 is 20.9 Å². The van der Waals surface area contributed by atoms with Crippen LogP contribution in [0, 0.1) is 6.92 Å². The third-order valence-electron chi connectivity index (χ3n) is 6.30. The first kappa shape index (κ1) is 25.7. The van der Waals surface area contributed by atoms with Crippen molar-refractivity contribution in [2.75, 3.05) is 7.11 Å². The molecule has 0 spiro atoms. The molecule has 0 fully saturated rings. The summed E-state index contributed by atoms with van der Waals surface area (Å²) in [5, 5.41) is 0.862. The number of aryl methyl sites for hydroxylation is 1. The Morgan fingerprint density at radius 2 is 1.56 bits per heavy atom. The van der Waals surface area contributed by atoms with Gasteiger partial charge in [0, 0.05) is 24.2 Å². The van der Waals surface area contributed by atoms with Crippen molar-refractivity contribution in [3.8, 4) is 5.75 Å². The summed E-state index contributed by atoms with van der Waals surface area (Å²) in [5.41, 5.74) is 3.60. The van der Waals surface area contributed by atoms with Gasteiger partial charge in [0.2, 0.25) is 10.0 Å². The van der Waals surface area contributed by atoms with E-state index in [0.29, 0.717) is 11.3 Å². The van der Waals surface area contributed by atoms with E-state index in [0.717, 1.165) is 27.6 Å². The van der Waals surface area contributed by atoms with Gasteiger partial charge in [0.1, 0.15) is 5.75 Å². The maximum absolute atomic E-state index is 13.8. The van der Waals surface area contributed by atoms with Crippen molar-refractivity contribution in [3.63, 3.8) is 0 Å². The summed E-state index contributed by atoms with van der Waals surface area (Å²) in [6.07, 6.45) is 0. The van der Waals surface area contributed by atoms with E-state index in [1.165, 1.54) is 4.31 Å². The van der Waals surface area contributed by atoms with Crippen LogP contribution in [0.4, 0.5) is 0 Å². The zero-order valence-electron chi connectivity index (χ0n) is 21.3. The Bertz CT molecular complexity index is 1530. The Hall–Kier alpha value is -3.42. The van der Waals surface area contributed by atoms with Crippen LogP contribution in [0.3, 0.4) is 0 Å². The Kier molecular flexibility index (Phi) is 7.07. The minimum absolute atomic E-state index is 0.0609. The maximum Gasteiger partial charge on any atom is 0.252 e. The number of hydrogen-bond acceptors (Lipinski definition) is 4. The molecule has 0 aliphatic carbocycles. The molecular weight excluding hydrogens is 472 g/mol. The van der Waals surface area contributed by atoms with Crippen molar-refractivity contribution < 1.29 is 13.2 Å². The van der Waals surface area contributed by atoms with E-state index >= 15 is 0 Å². The van der Waals surface area contributed by atoms with Crippen LogP contribution in [-0.2, 0) is 28.5 Å². The van der Waals surface area contributed by atoms with Crippen molar-refractivity contribution in [3.05, 3.63) is 105 Å². The summed E-state index contributed by atoms with van der Waals surface area (Å²) in [6, 6.07) is 21.8. The molecule has 1 N–H and O–H groups in total. The molecule has 4 aromatic rings. The lowest BCUT2D eigenvalue weighted by molar-refractivity contribution is 0.398. The molecule has 1 heterocycles. The van der Waals surface area contributed by atoms with Crippen molar-refractivity contribution in [2.24, 2.45) is 0 Å². The second-order valence-electron chi connectivity index (χ2n) is 10.1. The first-order valence-corrected chi connectivity index (χ1v) is 13.3. The van der Waals surface area contributed by atoms with E-state index in [-0.39, 0.29) is 29.0 Å². The molecule has 0 saturated heterocycles. The third-order valence-corrected chi connectivity index (χ3v) is 8.11. The smallest absolute Gasteiger partial charge is 0.252 e. The highest BCUT2D eigenvalue weighted by atomic mass is 32.2. The average Bonchev–Trinajstić information content (AvgIpc) is 2.84. The number of hydrogen-bond donors (Lipinski definition) is 1. The normalized spacial score (nSPS) is 12.3. The van der Waals surface area contributed by atoms with Crippen LogP contribution in [0.25, 0.3) is 10.9 Å². The van der Waals surface area contributed by atoms with E-state index in [2.05, 4.69) is 25.8 Å². The number of nitrogens with zero attached hydrogens (tertiary/aromatic N) is 1. The summed E-state index contributed by atoms with van der Waals surface area (Å²) in [5.74, 6) is 0.687. The molecule has 0 aliphatic rings. The van der Waals surface area contributed by atoms with Gasteiger partial charge in [-0.25, -0.2) is 8.42 Å². The molecular formula is C29H32N2O4S. The van der Waals surface area contributed by atoms with Gasteiger partial charge in [0.25, 0.3) is 5.56 Å². The summed E-state index contributed by atoms with van der Waals surface area (Å²) in [7, 11) is -2.32. The first-order chi connectivity index (χ1) is 17.0. The zero-order valence-corrected chi connectivity index (χ0v) is 22.1. The third kappa shape index (κ3) is 5.53. The fraction of sp³-hybridized carbons (Fsp3) is 0.276. The predicted molar refractivity (Wildman–Crippen MR) is 144 cm³/mol. The van der Waals surface area contributed by atoms with Gasteiger partial charge in [-0.3, -0.25) is 4.79 Å². The number of fused-ring (bicyclic) bond motifs is 1. The van der Waals surface area contributed by atoms with Gasteiger partial charge in [-0.2, -0.15) is 4.31 Å². The minimum atomic E-state index is -3.90. The number of nitrogens with one attached hydrogen (secondary N) is 1. The Balaban J connectivity index is 1.76. The van der Waals surface area contributed by atoms with Gasteiger partial charge in [-0.05, 0) is 71.3 Å². The topological polar surface area (TPSA) is 79.5 Å². The molecule has 6 nitrogen and oxygen atoms in total. The molecule has 0 saturated carbocycles. The second kappa shape index (κ2) is 9.91. The Morgan fingerprint density at radius 1 is 0.889 bits per heavy atom. The molecule has 0 unspecified atom stereocenters. The van der Waals surface area contributed by atoms with Crippen LogP contribution in [0.2, 0.25) is 0 Å². The van der Waals surface area contributed by atoms with Crippen LogP contribution in [0.1, 0.15) is 43.0 Å². The van der Waals surface area contributed by atoms with Crippen LogP contribution in [0.15, 0.2) is 82.5 Å². The fourth-order valence-electron chi connectivity index (χ4n) is 4.12. The zero-order chi connectivity index (χ0) is 26.1. The van der Waals surface area contributed by atoms with Crippen molar-refractivity contribution in [1.29, 1.82) is 0 Å². The molecule has 7 heteroatoms. The maximum atomic E-state index is 13.8. The van der Waals surface area contributed by atoms with E-state index < -0.39 is 10.0 Å². The first-order valence-electron chi connectivity index (χ1n) is 11.8. The second-order valence-corrected chi connectivity index (χ2v) is 12.0. The number of methoxy groups -OCH3 is 1. The quantitative estimate of drug-likeness (QED) is 0.359. The fourth-order valence-corrected chi connectivity index (χ4v) is 5.52. The molecule has 0 radical (unpaired) electrons. The van der Waals surface area contributed by atoms with Gasteiger partial charge in [0.15, 0.2) is 0 Å². The highest BCUT2D eigenvalue weighted by molar-refractivity contribution is 7.89. The number of ether oxygens (including phenoxy) is 1. The number of aromatic nitrogens is 1. The largest absolute Gasteiger partial charge is 0.497 e. The molecule has 36 heavy (non-hydrogen) atoms. The monoisotopic (exact) mass is 504 g/mol. The molecule has 188 valence electrons. The Morgan fingerprint density at radius 3 is 2.17 bits per heavy atom. The molecule has 4 rings (SSSR count). The number of pyridine rings is 1. The van der Waals surface area contributed by atoms with Gasteiger partial charge >= 0.3 is 0 Å². The number of benzene rings is 3. The van der Waals surface area contributed by atoms with Crippen LogP contribution < -0.4 is 10.3 Å². The van der Waals surface area contributed by atoms with Crippen LogP contribution >= 0.6 is 0 Å². The van der Waals surface area contributed by atoms with E-state index in [9.17, 15) is 13.2 Å². The van der Waals surface area contributed by atoms with Gasteiger partial charge in [-0.15, -0.1) is 0 Å². The molecule has 1 aromatic heterocycles. The lowest BCUT2D eigenvalue weighted by Gasteiger charge is -2.24. The van der Waals surface area contributed by atoms with Crippen molar-refractivity contribution in [2.45, 2.75) is 51.1 Å². The summed E-state index contributed by atoms with van der Waals surface area (Å²) in [6.45, 7) is 8.28. The SMILES string of the molecule is COc1ccc(CN(Cc2cc3cc(C)ccc3[nH]c2=O)S(=O)(=O)c2ccc(C(C)(C)C)cc2)cc1. The van der Waals surface area contributed by atoms with Crippen molar-refractivity contribution in [1.82, 2.24) is 9.29 Å². The number of H-pyrrole nitrogens is 1.